The zero-order valence-electron chi connectivity index (χ0n) is 12.8. The molecule has 2 rings (SSSR count). The third kappa shape index (κ3) is 3.60. The van der Waals surface area contributed by atoms with Crippen LogP contribution in [0.1, 0.15) is 38.1 Å². The van der Waals surface area contributed by atoms with Crippen LogP contribution in [-0.4, -0.2) is 40.3 Å². The van der Waals surface area contributed by atoms with E-state index in [0.717, 1.165) is 44.6 Å². The molecule has 0 aliphatic carbocycles. The lowest BCUT2D eigenvalue weighted by molar-refractivity contribution is -0.150. The van der Waals surface area contributed by atoms with E-state index < -0.39 is 0 Å². The van der Waals surface area contributed by atoms with Gasteiger partial charge in [0.2, 0.25) is 0 Å². The summed E-state index contributed by atoms with van der Waals surface area (Å²) in [5.41, 5.74) is 2.34. The number of esters is 1. The summed E-state index contributed by atoms with van der Waals surface area (Å²) in [4.78, 5) is 14.2. The number of ether oxygens (including phenoxy) is 1. The quantitative estimate of drug-likeness (QED) is 0.771. The molecule has 5 nitrogen and oxygen atoms in total. The molecule has 1 fully saturated rings. The molecular formula is C15H25N3O2. The number of aromatic nitrogens is 2. The molecule has 0 bridgehead atoms. The highest BCUT2D eigenvalue weighted by atomic mass is 16.5. The molecule has 0 unspecified atom stereocenters. The Morgan fingerprint density at radius 3 is 2.95 bits per heavy atom. The summed E-state index contributed by atoms with van der Waals surface area (Å²) in [5.74, 6) is -0.0148. The van der Waals surface area contributed by atoms with Crippen molar-refractivity contribution in [3.63, 3.8) is 0 Å². The second-order valence-corrected chi connectivity index (χ2v) is 5.43. The summed E-state index contributed by atoms with van der Waals surface area (Å²) in [6, 6.07) is 2.16. The molecule has 1 aliphatic heterocycles. The SMILES string of the molecule is CCOC(=O)[C@H]1CCCN(Cc2cc(CC)nn2C)C1. The monoisotopic (exact) mass is 279 g/mol. The molecule has 20 heavy (non-hydrogen) atoms. The van der Waals surface area contributed by atoms with Crippen LogP contribution in [0.3, 0.4) is 0 Å². The molecule has 0 amide bonds. The highest BCUT2D eigenvalue weighted by Crippen LogP contribution is 2.20. The van der Waals surface area contributed by atoms with Crippen molar-refractivity contribution in [3.05, 3.63) is 17.5 Å². The van der Waals surface area contributed by atoms with Crippen molar-refractivity contribution >= 4 is 5.97 Å². The number of hydrogen-bond acceptors (Lipinski definition) is 4. The molecule has 0 aromatic carbocycles. The lowest BCUT2D eigenvalue weighted by Crippen LogP contribution is -2.39. The van der Waals surface area contributed by atoms with Gasteiger partial charge in [0.1, 0.15) is 0 Å². The van der Waals surface area contributed by atoms with Gasteiger partial charge in [0, 0.05) is 20.1 Å². The predicted octanol–water partition coefficient (Wildman–Crippen LogP) is 1.76. The largest absolute Gasteiger partial charge is 0.466 e. The Morgan fingerprint density at radius 2 is 2.30 bits per heavy atom. The summed E-state index contributed by atoms with van der Waals surface area (Å²) in [6.07, 6.45) is 2.96. The first-order valence-corrected chi connectivity index (χ1v) is 7.54. The maximum absolute atomic E-state index is 11.8. The topological polar surface area (TPSA) is 47.4 Å². The predicted molar refractivity (Wildman–Crippen MR) is 77.2 cm³/mol. The summed E-state index contributed by atoms with van der Waals surface area (Å²) in [5, 5.41) is 4.48. The molecule has 2 heterocycles. The van der Waals surface area contributed by atoms with Crippen molar-refractivity contribution in [1.82, 2.24) is 14.7 Å². The van der Waals surface area contributed by atoms with Gasteiger partial charge in [-0.2, -0.15) is 5.10 Å². The molecule has 0 N–H and O–H groups in total. The van der Waals surface area contributed by atoms with Gasteiger partial charge in [-0.1, -0.05) is 6.92 Å². The van der Waals surface area contributed by atoms with Crippen molar-refractivity contribution in [2.24, 2.45) is 13.0 Å². The van der Waals surface area contributed by atoms with Crippen molar-refractivity contribution in [1.29, 1.82) is 0 Å². The van der Waals surface area contributed by atoms with Gasteiger partial charge in [0.05, 0.1) is 23.9 Å². The van der Waals surface area contributed by atoms with Gasteiger partial charge in [-0.15, -0.1) is 0 Å². The zero-order chi connectivity index (χ0) is 14.5. The fourth-order valence-electron chi connectivity index (χ4n) is 2.77. The second kappa shape index (κ2) is 6.88. The molecule has 1 aliphatic rings. The third-order valence-corrected chi connectivity index (χ3v) is 3.90. The van der Waals surface area contributed by atoms with Crippen LogP contribution in [0.25, 0.3) is 0 Å². The molecule has 0 radical (unpaired) electrons. The minimum absolute atomic E-state index is 0.0302. The maximum Gasteiger partial charge on any atom is 0.310 e. The van der Waals surface area contributed by atoms with E-state index in [0.29, 0.717) is 6.61 Å². The van der Waals surface area contributed by atoms with E-state index in [-0.39, 0.29) is 11.9 Å². The van der Waals surface area contributed by atoms with Crippen LogP contribution in [0.4, 0.5) is 0 Å². The smallest absolute Gasteiger partial charge is 0.310 e. The Labute approximate surface area is 120 Å². The molecule has 112 valence electrons. The van der Waals surface area contributed by atoms with Gasteiger partial charge in [-0.3, -0.25) is 14.4 Å². The number of aryl methyl sites for hydroxylation is 2. The average molecular weight is 279 g/mol. The standard InChI is InChI=1S/C15H25N3O2/c1-4-13-9-14(17(3)16-13)11-18-8-6-7-12(10-18)15(19)20-5-2/h9,12H,4-8,10-11H2,1-3H3/t12-/m0/s1. The molecule has 1 atom stereocenters. The minimum Gasteiger partial charge on any atom is -0.466 e. The van der Waals surface area contributed by atoms with Gasteiger partial charge < -0.3 is 4.74 Å². The Hall–Kier alpha value is -1.36. The highest BCUT2D eigenvalue weighted by Gasteiger charge is 2.27. The Bertz CT molecular complexity index is 456. The summed E-state index contributed by atoms with van der Waals surface area (Å²) in [7, 11) is 1.99. The van der Waals surface area contributed by atoms with E-state index in [1.165, 1.54) is 5.69 Å². The molecule has 0 saturated carbocycles. The van der Waals surface area contributed by atoms with E-state index in [2.05, 4.69) is 23.0 Å². The lowest BCUT2D eigenvalue weighted by Gasteiger charge is -2.31. The number of carbonyl (C=O) groups excluding carboxylic acids is 1. The van der Waals surface area contributed by atoms with Gasteiger partial charge in [0.25, 0.3) is 0 Å². The van der Waals surface area contributed by atoms with Crippen LogP contribution < -0.4 is 0 Å². The first-order valence-electron chi connectivity index (χ1n) is 7.54. The van der Waals surface area contributed by atoms with Crippen LogP contribution in [-0.2, 0) is 29.5 Å². The molecular weight excluding hydrogens is 254 g/mol. The van der Waals surface area contributed by atoms with E-state index in [1.807, 2.05) is 18.7 Å². The normalized spacial score (nSPS) is 20.1. The molecule has 1 aromatic heterocycles. The summed E-state index contributed by atoms with van der Waals surface area (Å²) >= 11 is 0. The Kier molecular flexibility index (Phi) is 5.17. The van der Waals surface area contributed by atoms with E-state index >= 15 is 0 Å². The highest BCUT2D eigenvalue weighted by molar-refractivity contribution is 5.72. The molecule has 1 aromatic rings. The fraction of sp³-hybridized carbons (Fsp3) is 0.733. The number of carbonyl (C=O) groups is 1. The third-order valence-electron chi connectivity index (χ3n) is 3.90. The van der Waals surface area contributed by atoms with Gasteiger partial charge >= 0.3 is 5.97 Å². The van der Waals surface area contributed by atoms with E-state index in [9.17, 15) is 4.79 Å². The first-order chi connectivity index (χ1) is 9.63. The molecule has 5 heteroatoms. The van der Waals surface area contributed by atoms with Crippen LogP contribution in [0.5, 0.6) is 0 Å². The lowest BCUT2D eigenvalue weighted by atomic mass is 9.98. The van der Waals surface area contributed by atoms with Crippen LogP contribution in [0.2, 0.25) is 0 Å². The Balaban J connectivity index is 1.95. The number of hydrogen-bond donors (Lipinski definition) is 0. The number of nitrogens with zero attached hydrogens (tertiary/aromatic N) is 3. The average Bonchev–Trinajstić information content (AvgIpc) is 2.80. The molecule has 1 saturated heterocycles. The van der Waals surface area contributed by atoms with Crippen LogP contribution >= 0.6 is 0 Å². The van der Waals surface area contributed by atoms with Crippen molar-refractivity contribution < 1.29 is 9.53 Å². The summed E-state index contributed by atoms with van der Waals surface area (Å²) in [6.45, 7) is 7.15. The molecule has 0 spiro atoms. The van der Waals surface area contributed by atoms with Crippen molar-refractivity contribution in [3.8, 4) is 0 Å². The van der Waals surface area contributed by atoms with Crippen LogP contribution in [0.15, 0.2) is 6.07 Å². The fourth-order valence-corrected chi connectivity index (χ4v) is 2.77. The zero-order valence-corrected chi connectivity index (χ0v) is 12.8. The van der Waals surface area contributed by atoms with Gasteiger partial charge in [0.15, 0.2) is 0 Å². The van der Waals surface area contributed by atoms with Crippen molar-refractivity contribution in [2.45, 2.75) is 39.7 Å². The van der Waals surface area contributed by atoms with Gasteiger partial charge in [-0.05, 0) is 38.8 Å². The Morgan fingerprint density at radius 1 is 1.50 bits per heavy atom. The maximum atomic E-state index is 11.8. The number of piperidine rings is 1. The van der Waals surface area contributed by atoms with Crippen molar-refractivity contribution in [2.75, 3.05) is 19.7 Å². The van der Waals surface area contributed by atoms with E-state index in [4.69, 9.17) is 4.74 Å². The van der Waals surface area contributed by atoms with E-state index in [1.54, 1.807) is 0 Å². The number of rotatable bonds is 5. The minimum atomic E-state index is -0.0450. The van der Waals surface area contributed by atoms with Gasteiger partial charge in [-0.25, -0.2) is 0 Å². The van der Waals surface area contributed by atoms with Crippen LogP contribution in [0, 0.1) is 5.92 Å². The summed E-state index contributed by atoms with van der Waals surface area (Å²) < 4.78 is 7.09. The first kappa shape index (κ1) is 15.0. The number of likely N-dealkylation sites (tertiary alicyclic amines) is 1. The second-order valence-electron chi connectivity index (χ2n) is 5.43.